The number of thiol groups is 2. The second-order valence-electron chi connectivity index (χ2n) is 9.48. The summed E-state index contributed by atoms with van der Waals surface area (Å²) in [6.07, 6.45) is 3.87. The number of halogens is 2. The van der Waals surface area contributed by atoms with E-state index in [2.05, 4.69) is 45.7 Å². The van der Waals surface area contributed by atoms with Crippen LogP contribution in [-0.2, 0) is 39.9 Å². The van der Waals surface area contributed by atoms with Gasteiger partial charge in [0.25, 0.3) is 0 Å². The molecule has 0 aliphatic carbocycles. The first kappa shape index (κ1) is 36.0. The van der Waals surface area contributed by atoms with Crippen LogP contribution in [0.1, 0.15) is 37.2 Å². The number of ether oxygens (including phenoxy) is 1. The number of carbonyl (C=O) groups excluding carboxylic acids is 2. The van der Waals surface area contributed by atoms with Gasteiger partial charge in [0.15, 0.2) is 0 Å². The Morgan fingerprint density at radius 2 is 1.89 bits per heavy atom. The van der Waals surface area contributed by atoms with Crippen molar-refractivity contribution in [3.63, 3.8) is 0 Å². The van der Waals surface area contributed by atoms with E-state index in [0.29, 0.717) is 40.7 Å². The monoisotopic (exact) mass is 689 g/mol. The van der Waals surface area contributed by atoms with Crippen LogP contribution in [0.25, 0.3) is 0 Å². The molecule has 1 aromatic carbocycles. The van der Waals surface area contributed by atoms with Crippen LogP contribution in [0, 0.1) is 5.92 Å². The Balaban J connectivity index is 0.00000361. The number of nitrogens with one attached hydrogen (secondary N) is 2. The number of benzene rings is 1. The van der Waals surface area contributed by atoms with Gasteiger partial charge in [-0.15, -0.1) is 0 Å². The molecule has 8 nitrogen and oxygen atoms in total. The smallest absolute Gasteiger partial charge is 2.00 e. The van der Waals surface area contributed by atoms with Crippen molar-refractivity contribution in [3.8, 4) is 0 Å². The Labute approximate surface area is 260 Å². The molecule has 13 heteroatoms. The summed E-state index contributed by atoms with van der Waals surface area (Å²) in [5, 5.41) is 6.87. The minimum absolute atomic E-state index is 0. The number of methoxy groups -OCH3 is 1. The van der Waals surface area contributed by atoms with Gasteiger partial charge in [0.05, 0.1) is 22.5 Å². The van der Waals surface area contributed by atoms with Gasteiger partial charge in [0, 0.05) is 43.8 Å². The Hall–Kier alpha value is -0.0706. The van der Waals surface area contributed by atoms with Gasteiger partial charge < -0.3 is 20.8 Å². The van der Waals surface area contributed by atoms with Crippen molar-refractivity contribution in [2.75, 3.05) is 58.1 Å². The molecule has 2 amide bonds. The SMILES string of the molecule is COCNC(=O)[C@@H]1[C@H]2CCC(C[C@H]1c1ccc(Cl)c(Cl)c1)N2CCCN(CCS)CC(=O)NCCS.[O-2].[Tc+5]. The molecule has 0 aromatic heterocycles. The summed E-state index contributed by atoms with van der Waals surface area (Å²) < 4.78 is 5.12. The standard InChI is InChI=1S/C25H38Cl2N4O3S2.O.Tc/c1-34-16-29-25(33)24-19(17-3-5-20(26)21(27)13-17)14-18-4-6-22(24)31(18)9-2-8-30(10-12-36)15-23(32)28-7-11-35;;/h3,5,13,18-19,22,24,35-36H,2,4,6-12,14-16H2,1H3,(H,28,32)(H,29,33);;/q;-2;+5/t18?,19-,22+,24-;;/m0../s1. The fourth-order valence-electron chi connectivity index (χ4n) is 5.71. The van der Waals surface area contributed by atoms with Crippen LogP contribution in [0.3, 0.4) is 0 Å². The molecule has 2 bridgehead atoms. The van der Waals surface area contributed by atoms with E-state index in [1.165, 1.54) is 0 Å². The molecule has 2 fully saturated rings. The third-order valence-corrected chi connectivity index (χ3v) is 8.40. The summed E-state index contributed by atoms with van der Waals surface area (Å²) in [6, 6.07) is 6.29. The molecular formula is C25H38Cl2N4O4S2Tc+3. The van der Waals surface area contributed by atoms with Gasteiger partial charge in [0.1, 0.15) is 6.73 Å². The van der Waals surface area contributed by atoms with Crippen molar-refractivity contribution in [3.05, 3.63) is 33.8 Å². The first-order chi connectivity index (χ1) is 17.4. The second-order valence-corrected chi connectivity index (χ2v) is 11.2. The van der Waals surface area contributed by atoms with Gasteiger partial charge in [-0.25, -0.2) is 0 Å². The zero-order valence-corrected chi connectivity index (χ0v) is 26.7. The van der Waals surface area contributed by atoms with Gasteiger partial charge in [-0.1, -0.05) is 29.3 Å². The average molecular weight is 692 g/mol. The Morgan fingerprint density at radius 1 is 1.13 bits per heavy atom. The Kier molecular flexibility index (Phi) is 17.4. The average Bonchev–Trinajstić information content (AvgIpc) is 3.13. The van der Waals surface area contributed by atoms with Crippen molar-refractivity contribution >= 4 is 60.3 Å². The first-order valence-electron chi connectivity index (χ1n) is 12.6. The summed E-state index contributed by atoms with van der Waals surface area (Å²) in [4.78, 5) is 30.2. The molecule has 3 rings (SSSR count). The molecule has 2 N–H and O–H groups in total. The summed E-state index contributed by atoms with van der Waals surface area (Å²) in [5.41, 5.74) is 1.06. The quantitative estimate of drug-likeness (QED) is 0.178. The van der Waals surface area contributed by atoms with Gasteiger partial charge in [-0.05, 0) is 62.4 Å². The van der Waals surface area contributed by atoms with E-state index < -0.39 is 0 Å². The molecule has 212 valence electrons. The fraction of sp³-hybridized carbons (Fsp3) is 0.680. The largest absolute Gasteiger partial charge is 5.00 e. The van der Waals surface area contributed by atoms with E-state index in [4.69, 9.17) is 27.9 Å². The molecule has 2 heterocycles. The van der Waals surface area contributed by atoms with Crippen molar-refractivity contribution < 1.29 is 39.9 Å². The number of fused-ring (bicyclic) bond motifs is 2. The minimum atomic E-state index is -0.198. The fourth-order valence-corrected chi connectivity index (χ4v) is 6.41. The molecule has 2 aliphatic rings. The molecule has 0 radical (unpaired) electrons. The number of nitrogens with zero attached hydrogens (tertiary/aromatic N) is 2. The van der Waals surface area contributed by atoms with E-state index in [0.717, 1.165) is 50.9 Å². The predicted octanol–water partition coefficient (Wildman–Crippen LogP) is 3.20. The molecule has 1 unspecified atom stereocenters. The van der Waals surface area contributed by atoms with Crippen molar-refractivity contribution in [1.82, 2.24) is 20.4 Å². The van der Waals surface area contributed by atoms with E-state index >= 15 is 0 Å². The topological polar surface area (TPSA) is 102 Å². The predicted molar refractivity (Wildman–Crippen MR) is 153 cm³/mol. The third-order valence-electron chi connectivity index (χ3n) is 7.24. The first-order valence-corrected chi connectivity index (χ1v) is 14.6. The van der Waals surface area contributed by atoms with Crippen LogP contribution in [0.5, 0.6) is 0 Å². The number of carbonyl (C=O) groups is 2. The molecule has 1 aromatic rings. The normalized spacial score (nSPS) is 22.5. The van der Waals surface area contributed by atoms with Crippen LogP contribution in [0.2, 0.25) is 10.0 Å². The Bertz CT molecular complexity index is 892. The Morgan fingerprint density at radius 3 is 2.55 bits per heavy atom. The number of amides is 2. The maximum atomic E-state index is 13.4. The molecular weight excluding hydrogens is 653 g/mol. The van der Waals surface area contributed by atoms with Gasteiger partial charge >= 0.3 is 20.1 Å². The molecule has 38 heavy (non-hydrogen) atoms. The van der Waals surface area contributed by atoms with Crippen LogP contribution in [0.15, 0.2) is 18.2 Å². The maximum absolute atomic E-state index is 13.4. The second kappa shape index (κ2) is 18.4. The van der Waals surface area contributed by atoms with E-state index in [9.17, 15) is 9.59 Å². The number of hydrogen-bond acceptors (Lipinski definition) is 7. The van der Waals surface area contributed by atoms with Crippen molar-refractivity contribution in [2.24, 2.45) is 5.92 Å². The van der Waals surface area contributed by atoms with E-state index in [-0.39, 0.29) is 62.0 Å². The third kappa shape index (κ3) is 9.79. The van der Waals surface area contributed by atoms with Crippen LogP contribution >= 0.6 is 48.5 Å². The number of hydrogen-bond donors (Lipinski definition) is 4. The van der Waals surface area contributed by atoms with Crippen molar-refractivity contribution in [2.45, 2.75) is 43.7 Å². The van der Waals surface area contributed by atoms with Crippen molar-refractivity contribution in [1.29, 1.82) is 0 Å². The summed E-state index contributed by atoms with van der Waals surface area (Å²) >= 11 is 21.0. The summed E-state index contributed by atoms with van der Waals surface area (Å²) in [5.74, 6) is 1.22. The van der Waals surface area contributed by atoms with E-state index in [1.54, 1.807) is 7.11 Å². The van der Waals surface area contributed by atoms with Crippen LogP contribution in [-0.4, -0.2) is 91.8 Å². The zero-order valence-electron chi connectivity index (χ0n) is 21.6. The number of rotatable bonds is 14. The molecule has 2 saturated heterocycles. The summed E-state index contributed by atoms with van der Waals surface area (Å²) in [6.45, 7) is 3.57. The molecule has 4 atom stereocenters. The summed E-state index contributed by atoms with van der Waals surface area (Å²) in [7, 11) is 1.57. The molecule has 2 aliphatic heterocycles. The number of piperidine rings is 1. The van der Waals surface area contributed by atoms with Gasteiger partial charge in [0.2, 0.25) is 11.8 Å². The zero-order chi connectivity index (χ0) is 26.1. The minimum Gasteiger partial charge on any atom is -2.00 e. The van der Waals surface area contributed by atoms with Gasteiger partial charge in [-0.2, -0.15) is 25.3 Å². The van der Waals surface area contributed by atoms with Crippen LogP contribution in [0.4, 0.5) is 0 Å². The molecule has 0 saturated carbocycles. The molecule has 0 spiro atoms. The van der Waals surface area contributed by atoms with E-state index in [1.807, 2.05) is 18.2 Å². The van der Waals surface area contributed by atoms with Crippen LogP contribution < -0.4 is 10.6 Å². The van der Waals surface area contributed by atoms with Gasteiger partial charge in [-0.3, -0.25) is 19.4 Å². The maximum Gasteiger partial charge on any atom is 5.00 e.